The van der Waals surface area contributed by atoms with Crippen LogP contribution < -0.4 is 11.1 Å². The van der Waals surface area contributed by atoms with Crippen molar-refractivity contribution in [3.8, 4) is 0 Å². The maximum Gasteiger partial charge on any atom is 0.238 e. The molecule has 0 spiro atoms. The Balaban J connectivity index is 1.94. The molecule has 1 aromatic rings. The molecule has 4 nitrogen and oxygen atoms in total. The molecule has 1 heterocycles. The van der Waals surface area contributed by atoms with Crippen molar-refractivity contribution in [3.05, 3.63) is 28.3 Å². The zero-order chi connectivity index (χ0) is 15.6. The van der Waals surface area contributed by atoms with Gasteiger partial charge in [-0.25, -0.2) is 0 Å². The van der Waals surface area contributed by atoms with Crippen LogP contribution in [0.25, 0.3) is 0 Å². The number of nitrogens with zero attached hydrogens (tertiary/aromatic N) is 1. The van der Waals surface area contributed by atoms with Crippen molar-refractivity contribution >= 4 is 23.2 Å². The molecule has 0 bridgehead atoms. The molecule has 1 amide bonds. The van der Waals surface area contributed by atoms with Crippen molar-refractivity contribution < 1.29 is 4.79 Å². The molecule has 0 aromatic heterocycles. The van der Waals surface area contributed by atoms with E-state index in [4.69, 9.17) is 17.3 Å². The molecule has 2 atom stereocenters. The number of nitrogens with two attached hydrogens (primary N) is 1. The second-order valence-electron chi connectivity index (χ2n) is 6.13. The number of carbonyl (C=O) groups excluding carboxylic acids is 1. The Morgan fingerprint density at radius 2 is 2.24 bits per heavy atom. The second-order valence-corrected chi connectivity index (χ2v) is 6.54. The van der Waals surface area contributed by atoms with Gasteiger partial charge in [-0.3, -0.25) is 9.69 Å². The third-order valence-electron chi connectivity index (χ3n) is 4.12. The van der Waals surface area contributed by atoms with Crippen LogP contribution in [0.4, 0.5) is 5.69 Å². The maximum atomic E-state index is 12.2. The molecule has 1 aromatic carbocycles. The van der Waals surface area contributed by atoms with Gasteiger partial charge >= 0.3 is 0 Å². The maximum absolute atomic E-state index is 12.2. The molecule has 0 radical (unpaired) electrons. The molecule has 1 aliphatic rings. The van der Waals surface area contributed by atoms with Gasteiger partial charge in [-0.15, -0.1) is 0 Å². The van der Waals surface area contributed by atoms with Crippen LogP contribution in [-0.4, -0.2) is 36.5 Å². The third kappa shape index (κ3) is 4.19. The van der Waals surface area contributed by atoms with Gasteiger partial charge in [0.2, 0.25) is 5.91 Å². The van der Waals surface area contributed by atoms with E-state index in [0.717, 1.165) is 36.3 Å². The van der Waals surface area contributed by atoms with E-state index in [2.05, 4.69) is 10.2 Å². The number of hydrogen-bond donors (Lipinski definition) is 2. The van der Waals surface area contributed by atoms with E-state index in [0.29, 0.717) is 17.5 Å². The van der Waals surface area contributed by atoms with E-state index in [1.165, 1.54) is 0 Å². The van der Waals surface area contributed by atoms with Crippen molar-refractivity contribution in [2.45, 2.75) is 33.2 Å². The van der Waals surface area contributed by atoms with E-state index in [-0.39, 0.29) is 11.9 Å². The number of nitrogens with one attached hydrogen (secondary N) is 1. The Kier molecular flexibility index (Phi) is 5.25. The van der Waals surface area contributed by atoms with Crippen LogP contribution in [-0.2, 0) is 4.79 Å². The Morgan fingerprint density at radius 1 is 1.52 bits per heavy atom. The predicted molar refractivity (Wildman–Crippen MR) is 87.8 cm³/mol. The standard InChI is InChI=1S/C16H24ClN3O/c1-10-6-11(2)16(14(17)7-10)19-15(21)9-20-5-4-13(8-20)12(3)18/h6-7,12-13H,4-5,8-9,18H2,1-3H3,(H,19,21). The van der Waals surface area contributed by atoms with E-state index < -0.39 is 0 Å². The van der Waals surface area contributed by atoms with Crippen LogP contribution in [0.3, 0.4) is 0 Å². The number of halogens is 1. The van der Waals surface area contributed by atoms with E-state index in [9.17, 15) is 4.79 Å². The minimum absolute atomic E-state index is 0.0193. The van der Waals surface area contributed by atoms with Crippen molar-refractivity contribution in [1.29, 1.82) is 0 Å². The Hall–Kier alpha value is -1.10. The summed E-state index contributed by atoms with van der Waals surface area (Å²) >= 11 is 6.22. The molecule has 0 aliphatic carbocycles. The zero-order valence-electron chi connectivity index (χ0n) is 12.9. The summed E-state index contributed by atoms with van der Waals surface area (Å²) in [6.45, 7) is 8.20. The lowest BCUT2D eigenvalue weighted by Gasteiger charge is -2.18. The molecule has 116 valence electrons. The lowest BCUT2D eigenvalue weighted by Crippen LogP contribution is -2.34. The average molecular weight is 310 g/mol. The average Bonchev–Trinajstić information content (AvgIpc) is 2.82. The molecule has 1 saturated heterocycles. The van der Waals surface area contributed by atoms with Gasteiger partial charge in [0.1, 0.15) is 0 Å². The van der Waals surface area contributed by atoms with Crippen molar-refractivity contribution in [2.24, 2.45) is 11.7 Å². The topological polar surface area (TPSA) is 58.4 Å². The van der Waals surface area contributed by atoms with Gasteiger partial charge in [0, 0.05) is 12.6 Å². The van der Waals surface area contributed by atoms with Gasteiger partial charge in [0.25, 0.3) is 0 Å². The lowest BCUT2D eigenvalue weighted by molar-refractivity contribution is -0.117. The highest BCUT2D eigenvalue weighted by Crippen LogP contribution is 2.27. The Morgan fingerprint density at radius 3 is 2.81 bits per heavy atom. The molecule has 2 unspecified atom stereocenters. The van der Waals surface area contributed by atoms with Crippen LogP contribution in [0.1, 0.15) is 24.5 Å². The quantitative estimate of drug-likeness (QED) is 0.898. The largest absolute Gasteiger partial charge is 0.328 e. The van der Waals surface area contributed by atoms with Crippen molar-refractivity contribution in [2.75, 3.05) is 25.0 Å². The van der Waals surface area contributed by atoms with Gasteiger partial charge in [0.15, 0.2) is 0 Å². The van der Waals surface area contributed by atoms with Crippen LogP contribution in [0.5, 0.6) is 0 Å². The van der Waals surface area contributed by atoms with Gasteiger partial charge in [-0.1, -0.05) is 17.7 Å². The number of aryl methyl sites for hydroxylation is 2. The summed E-state index contributed by atoms with van der Waals surface area (Å²) in [5.41, 5.74) is 8.72. The first-order valence-electron chi connectivity index (χ1n) is 7.41. The fourth-order valence-corrected chi connectivity index (χ4v) is 3.26. The van der Waals surface area contributed by atoms with Gasteiger partial charge in [-0.2, -0.15) is 0 Å². The van der Waals surface area contributed by atoms with E-state index in [1.54, 1.807) is 0 Å². The van der Waals surface area contributed by atoms with Crippen LogP contribution in [0.2, 0.25) is 5.02 Å². The fourth-order valence-electron chi connectivity index (χ4n) is 2.89. The number of rotatable bonds is 4. The number of amides is 1. The van der Waals surface area contributed by atoms with Crippen LogP contribution >= 0.6 is 11.6 Å². The summed E-state index contributed by atoms with van der Waals surface area (Å²) < 4.78 is 0. The highest BCUT2D eigenvalue weighted by atomic mass is 35.5. The minimum Gasteiger partial charge on any atom is -0.328 e. The third-order valence-corrected chi connectivity index (χ3v) is 4.41. The minimum atomic E-state index is -0.0193. The summed E-state index contributed by atoms with van der Waals surface area (Å²) in [6.07, 6.45) is 1.06. The molecule has 5 heteroatoms. The van der Waals surface area contributed by atoms with E-state index >= 15 is 0 Å². The Labute approximate surface area is 131 Å². The first-order chi connectivity index (χ1) is 9.86. The van der Waals surface area contributed by atoms with Crippen LogP contribution in [0, 0.1) is 19.8 Å². The predicted octanol–water partition coefficient (Wildman–Crippen LogP) is 2.56. The number of benzene rings is 1. The number of likely N-dealkylation sites (tertiary alicyclic amines) is 1. The smallest absolute Gasteiger partial charge is 0.238 e. The van der Waals surface area contributed by atoms with E-state index in [1.807, 2.05) is 32.9 Å². The SMILES string of the molecule is Cc1cc(C)c(NC(=O)CN2CCC(C(C)N)C2)c(Cl)c1. The molecule has 0 saturated carbocycles. The van der Waals surface area contributed by atoms with Crippen molar-refractivity contribution in [3.63, 3.8) is 0 Å². The number of anilines is 1. The Bertz CT molecular complexity index is 507. The molecule has 3 N–H and O–H groups in total. The second kappa shape index (κ2) is 6.77. The summed E-state index contributed by atoms with van der Waals surface area (Å²) in [5.74, 6) is 0.469. The summed E-state index contributed by atoms with van der Waals surface area (Å²) in [5, 5.41) is 3.53. The number of carbonyl (C=O) groups is 1. The molecule has 1 aliphatic heterocycles. The summed E-state index contributed by atoms with van der Waals surface area (Å²) in [7, 11) is 0. The molecular weight excluding hydrogens is 286 g/mol. The monoisotopic (exact) mass is 309 g/mol. The lowest BCUT2D eigenvalue weighted by atomic mass is 10.0. The number of hydrogen-bond acceptors (Lipinski definition) is 3. The van der Waals surface area contributed by atoms with Crippen LogP contribution in [0.15, 0.2) is 12.1 Å². The van der Waals surface area contributed by atoms with Gasteiger partial charge in [-0.05, 0) is 56.8 Å². The molecule has 2 rings (SSSR count). The first-order valence-corrected chi connectivity index (χ1v) is 7.79. The summed E-state index contributed by atoms with van der Waals surface area (Å²) in [6, 6.07) is 4.07. The highest BCUT2D eigenvalue weighted by molar-refractivity contribution is 6.34. The van der Waals surface area contributed by atoms with Gasteiger partial charge < -0.3 is 11.1 Å². The van der Waals surface area contributed by atoms with Crippen molar-refractivity contribution in [1.82, 2.24) is 4.90 Å². The summed E-state index contributed by atoms with van der Waals surface area (Å²) in [4.78, 5) is 14.3. The molecule has 21 heavy (non-hydrogen) atoms. The fraction of sp³-hybridized carbons (Fsp3) is 0.562. The first kappa shape index (κ1) is 16.3. The normalized spacial score (nSPS) is 20.5. The highest BCUT2D eigenvalue weighted by Gasteiger charge is 2.26. The zero-order valence-corrected chi connectivity index (χ0v) is 13.7. The van der Waals surface area contributed by atoms with Gasteiger partial charge in [0.05, 0.1) is 17.3 Å². The molecule has 1 fully saturated rings. The molecular formula is C16H24ClN3O.